The number of ether oxygens (including phenoxy) is 1. The first-order chi connectivity index (χ1) is 9.33. The summed E-state index contributed by atoms with van der Waals surface area (Å²) in [5, 5.41) is 6.23. The van der Waals surface area contributed by atoms with Gasteiger partial charge in [-0.3, -0.25) is 0 Å². The van der Waals surface area contributed by atoms with Crippen LogP contribution in [0, 0.1) is 5.92 Å². The van der Waals surface area contributed by atoms with E-state index in [9.17, 15) is 0 Å². The van der Waals surface area contributed by atoms with Gasteiger partial charge in [0.15, 0.2) is 0 Å². The Morgan fingerprint density at radius 1 is 1.32 bits per heavy atom. The largest absolute Gasteiger partial charge is 0.494 e. The number of nitrogens with one attached hydrogen (secondary N) is 1. The van der Waals surface area contributed by atoms with Crippen molar-refractivity contribution in [3.63, 3.8) is 0 Å². The van der Waals surface area contributed by atoms with E-state index in [0.717, 1.165) is 24.8 Å². The Bertz CT molecular complexity index is 636. The van der Waals surface area contributed by atoms with Gasteiger partial charge < -0.3 is 10.1 Å². The maximum absolute atomic E-state index is 5.60. The standard InChI is InChI=1S/C17H19NO/c1-2-19-14-6-7-15-12(8-14)4-3-5-16(15)17-9-13(17)10-18-11-17/h3-8,13,18H,2,9-11H2,1H3. The molecule has 1 saturated carbocycles. The number of hydrogen-bond acceptors (Lipinski definition) is 2. The molecule has 1 N–H and O–H groups in total. The Balaban J connectivity index is 1.84. The van der Waals surface area contributed by atoms with Gasteiger partial charge in [-0.15, -0.1) is 0 Å². The average molecular weight is 253 g/mol. The third-order valence-corrected chi connectivity index (χ3v) is 4.76. The molecular weight excluding hydrogens is 234 g/mol. The van der Waals surface area contributed by atoms with Crippen molar-refractivity contribution in [2.45, 2.75) is 18.8 Å². The molecule has 0 radical (unpaired) electrons. The lowest BCUT2D eigenvalue weighted by Crippen LogP contribution is -2.19. The van der Waals surface area contributed by atoms with Crippen LogP contribution in [0.5, 0.6) is 5.75 Å². The molecule has 2 heteroatoms. The highest BCUT2D eigenvalue weighted by Gasteiger charge is 2.58. The Kier molecular flexibility index (Phi) is 2.36. The molecule has 1 saturated heterocycles. The topological polar surface area (TPSA) is 21.3 Å². The monoisotopic (exact) mass is 253 g/mol. The Morgan fingerprint density at radius 3 is 3.00 bits per heavy atom. The van der Waals surface area contributed by atoms with Gasteiger partial charge in [-0.25, -0.2) is 0 Å². The number of fused-ring (bicyclic) bond motifs is 2. The highest BCUT2D eigenvalue weighted by molar-refractivity contribution is 5.88. The van der Waals surface area contributed by atoms with E-state index in [1.54, 1.807) is 0 Å². The van der Waals surface area contributed by atoms with Gasteiger partial charge in [0.25, 0.3) is 0 Å². The zero-order chi connectivity index (χ0) is 12.9. The van der Waals surface area contributed by atoms with Gasteiger partial charge in [0.2, 0.25) is 0 Å². The van der Waals surface area contributed by atoms with Gasteiger partial charge >= 0.3 is 0 Å². The van der Waals surface area contributed by atoms with Crippen LogP contribution in [0.4, 0.5) is 0 Å². The zero-order valence-corrected chi connectivity index (χ0v) is 11.3. The lowest BCUT2D eigenvalue weighted by Gasteiger charge is -2.16. The zero-order valence-electron chi connectivity index (χ0n) is 11.3. The van der Waals surface area contributed by atoms with Crippen LogP contribution in [0.1, 0.15) is 18.9 Å². The molecule has 98 valence electrons. The van der Waals surface area contributed by atoms with E-state index in [4.69, 9.17) is 4.74 Å². The van der Waals surface area contributed by atoms with Crippen LogP contribution in [0.3, 0.4) is 0 Å². The summed E-state index contributed by atoms with van der Waals surface area (Å²) < 4.78 is 5.60. The predicted molar refractivity (Wildman–Crippen MR) is 77.8 cm³/mol. The van der Waals surface area contributed by atoms with E-state index >= 15 is 0 Å². The molecule has 0 aromatic heterocycles. The van der Waals surface area contributed by atoms with E-state index in [-0.39, 0.29) is 0 Å². The Labute approximate surface area is 113 Å². The molecule has 1 heterocycles. The van der Waals surface area contributed by atoms with Crippen LogP contribution in [-0.2, 0) is 5.41 Å². The fraction of sp³-hybridized carbons (Fsp3) is 0.412. The first-order valence-electron chi connectivity index (χ1n) is 7.20. The Hall–Kier alpha value is -1.54. The number of piperidine rings is 1. The van der Waals surface area contributed by atoms with Crippen molar-refractivity contribution >= 4 is 10.8 Å². The molecule has 2 aromatic rings. The summed E-state index contributed by atoms with van der Waals surface area (Å²) in [6, 6.07) is 13.2. The smallest absolute Gasteiger partial charge is 0.119 e. The Morgan fingerprint density at radius 2 is 2.26 bits per heavy atom. The van der Waals surface area contributed by atoms with E-state index in [0.29, 0.717) is 5.41 Å². The van der Waals surface area contributed by atoms with Crippen molar-refractivity contribution in [3.05, 3.63) is 42.0 Å². The number of hydrogen-bond donors (Lipinski definition) is 1. The van der Waals surface area contributed by atoms with Crippen LogP contribution < -0.4 is 10.1 Å². The van der Waals surface area contributed by atoms with Crippen LogP contribution >= 0.6 is 0 Å². The molecule has 2 aromatic carbocycles. The van der Waals surface area contributed by atoms with Crippen molar-refractivity contribution in [1.82, 2.24) is 5.32 Å². The minimum atomic E-state index is 0.423. The van der Waals surface area contributed by atoms with Gasteiger partial charge in [0, 0.05) is 12.0 Å². The number of benzene rings is 2. The third-order valence-electron chi connectivity index (χ3n) is 4.76. The second-order valence-electron chi connectivity index (χ2n) is 5.81. The van der Waals surface area contributed by atoms with E-state index in [1.807, 2.05) is 6.92 Å². The molecular formula is C17H19NO. The molecule has 0 bridgehead atoms. The SMILES string of the molecule is CCOc1ccc2c(C34CNCC3C4)cccc2c1. The lowest BCUT2D eigenvalue weighted by atomic mass is 9.90. The minimum absolute atomic E-state index is 0.423. The van der Waals surface area contributed by atoms with E-state index in [1.165, 1.54) is 29.3 Å². The fourth-order valence-corrected chi connectivity index (χ4v) is 3.71. The molecule has 19 heavy (non-hydrogen) atoms. The minimum Gasteiger partial charge on any atom is -0.494 e. The molecule has 1 aliphatic heterocycles. The molecule has 2 aliphatic rings. The summed E-state index contributed by atoms with van der Waals surface area (Å²) >= 11 is 0. The molecule has 2 nitrogen and oxygen atoms in total. The van der Waals surface area contributed by atoms with Crippen molar-refractivity contribution in [2.24, 2.45) is 5.92 Å². The van der Waals surface area contributed by atoms with Crippen molar-refractivity contribution in [3.8, 4) is 5.75 Å². The van der Waals surface area contributed by atoms with Gasteiger partial charge in [0.05, 0.1) is 6.61 Å². The summed E-state index contributed by atoms with van der Waals surface area (Å²) in [5.74, 6) is 1.83. The van der Waals surface area contributed by atoms with Gasteiger partial charge in [0.1, 0.15) is 5.75 Å². The normalized spacial score (nSPS) is 28.4. The summed E-state index contributed by atoms with van der Waals surface area (Å²) in [7, 11) is 0. The molecule has 2 unspecified atom stereocenters. The molecule has 4 rings (SSSR count). The first kappa shape index (κ1) is 11.3. The van der Waals surface area contributed by atoms with Crippen molar-refractivity contribution in [2.75, 3.05) is 19.7 Å². The van der Waals surface area contributed by atoms with Crippen LogP contribution in [0.2, 0.25) is 0 Å². The summed E-state index contributed by atoms with van der Waals surface area (Å²) in [4.78, 5) is 0. The highest BCUT2D eigenvalue weighted by Crippen LogP contribution is 2.57. The molecule has 0 amide bonds. The number of rotatable bonds is 3. The maximum atomic E-state index is 5.60. The predicted octanol–water partition coefficient (Wildman–Crippen LogP) is 3.10. The van der Waals surface area contributed by atoms with Crippen molar-refractivity contribution < 1.29 is 4.74 Å². The van der Waals surface area contributed by atoms with Crippen LogP contribution in [0.25, 0.3) is 10.8 Å². The first-order valence-corrected chi connectivity index (χ1v) is 7.20. The highest BCUT2D eigenvalue weighted by atomic mass is 16.5. The molecule has 0 spiro atoms. The van der Waals surface area contributed by atoms with E-state index in [2.05, 4.69) is 41.7 Å². The van der Waals surface area contributed by atoms with Crippen LogP contribution in [-0.4, -0.2) is 19.7 Å². The average Bonchev–Trinajstić information content (AvgIpc) is 3.00. The molecule has 2 fully saturated rings. The van der Waals surface area contributed by atoms with Crippen molar-refractivity contribution in [1.29, 1.82) is 0 Å². The second kappa shape index (κ2) is 3.97. The fourth-order valence-electron chi connectivity index (χ4n) is 3.71. The molecule has 1 aliphatic carbocycles. The molecule has 2 atom stereocenters. The van der Waals surface area contributed by atoms with Gasteiger partial charge in [-0.05, 0) is 54.3 Å². The summed E-state index contributed by atoms with van der Waals surface area (Å²) in [5.41, 5.74) is 1.95. The van der Waals surface area contributed by atoms with Crippen LogP contribution in [0.15, 0.2) is 36.4 Å². The second-order valence-corrected chi connectivity index (χ2v) is 5.81. The summed E-state index contributed by atoms with van der Waals surface area (Å²) in [6.45, 7) is 5.08. The third kappa shape index (κ3) is 1.59. The van der Waals surface area contributed by atoms with Gasteiger partial charge in [-0.2, -0.15) is 0 Å². The maximum Gasteiger partial charge on any atom is 0.119 e. The summed E-state index contributed by atoms with van der Waals surface area (Å²) in [6.07, 6.45) is 1.35. The lowest BCUT2D eigenvalue weighted by molar-refractivity contribution is 0.341. The van der Waals surface area contributed by atoms with Gasteiger partial charge in [-0.1, -0.05) is 24.3 Å². The quantitative estimate of drug-likeness (QED) is 0.907. The van der Waals surface area contributed by atoms with E-state index < -0.39 is 0 Å².